The lowest BCUT2D eigenvalue weighted by molar-refractivity contribution is -0.118. The summed E-state index contributed by atoms with van der Waals surface area (Å²) in [6.07, 6.45) is 0. The predicted octanol–water partition coefficient (Wildman–Crippen LogP) is -0.186. The molecule has 3 amide bonds. The third-order valence-electron chi connectivity index (χ3n) is 1.27. The summed E-state index contributed by atoms with van der Waals surface area (Å²) in [5.74, 6) is -0.258. The van der Waals surface area contributed by atoms with Gasteiger partial charge in [-0.2, -0.15) is 12.6 Å². The molecule has 5 heteroatoms. The number of thiol groups is 1. The minimum Gasteiger partial charge on any atom is -0.304 e. The van der Waals surface area contributed by atoms with Crippen LogP contribution in [-0.4, -0.2) is 28.8 Å². The van der Waals surface area contributed by atoms with Crippen LogP contribution in [0, 0.1) is 0 Å². The summed E-state index contributed by atoms with van der Waals surface area (Å²) in [6, 6.07) is -0.354. The Hall–Kier alpha value is -0.710. The van der Waals surface area contributed by atoms with Crippen LogP contribution < -0.4 is 5.32 Å². The Morgan fingerprint density at radius 2 is 2.30 bits per heavy atom. The molecule has 1 fully saturated rings. The lowest BCUT2D eigenvalue weighted by atomic mass is 10.5. The minimum absolute atomic E-state index is 0.128. The van der Waals surface area contributed by atoms with Crippen molar-refractivity contribution in [1.82, 2.24) is 10.2 Å². The zero-order valence-electron chi connectivity index (χ0n) is 5.50. The van der Waals surface area contributed by atoms with Crippen molar-refractivity contribution in [2.24, 2.45) is 0 Å². The quantitative estimate of drug-likeness (QED) is 0.413. The van der Waals surface area contributed by atoms with E-state index in [0.29, 0.717) is 0 Å². The third kappa shape index (κ3) is 1.23. The van der Waals surface area contributed by atoms with E-state index in [2.05, 4.69) is 17.9 Å². The number of nitrogens with zero attached hydrogens (tertiary/aromatic N) is 1. The molecule has 1 aliphatic rings. The van der Waals surface area contributed by atoms with Crippen molar-refractivity contribution in [3.8, 4) is 0 Å². The van der Waals surface area contributed by atoms with Gasteiger partial charge in [0.1, 0.15) is 6.54 Å². The second-order valence-electron chi connectivity index (χ2n) is 2.11. The van der Waals surface area contributed by atoms with E-state index in [1.54, 1.807) is 6.92 Å². The number of rotatable bonds is 1. The first-order valence-corrected chi connectivity index (χ1v) is 3.41. The molecule has 1 rings (SSSR count). The Kier molecular flexibility index (Phi) is 1.85. The van der Waals surface area contributed by atoms with Crippen LogP contribution in [0.3, 0.4) is 0 Å². The molecule has 1 unspecified atom stereocenters. The summed E-state index contributed by atoms with van der Waals surface area (Å²) >= 11 is 4.01. The number of hydrogen-bond donors (Lipinski definition) is 2. The Bertz CT molecular complexity index is 180. The highest BCUT2D eigenvalue weighted by Crippen LogP contribution is 2.06. The molecular weight excluding hydrogens is 152 g/mol. The Morgan fingerprint density at radius 1 is 1.70 bits per heavy atom. The van der Waals surface area contributed by atoms with Gasteiger partial charge in [-0.1, -0.05) is 0 Å². The molecule has 56 valence electrons. The van der Waals surface area contributed by atoms with Gasteiger partial charge in [0.25, 0.3) is 0 Å². The number of amides is 3. The highest BCUT2D eigenvalue weighted by Gasteiger charge is 2.28. The SMILES string of the molecule is CC(S)N1CC(=O)NC1=O. The van der Waals surface area contributed by atoms with E-state index in [-0.39, 0.29) is 23.9 Å². The van der Waals surface area contributed by atoms with Gasteiger partial charge in [-0.3, -0.25) is 10.1 Å². The van der Waals surface area contributed by atoms with Gasteiger partial charge in [0.2, 0.25) is 5.91 Å². The van der Waals surface area contributed by atoms with Crippen molar-refractivity contribution >= 4 is 24.6 Å². The fraction of sp³-hybridized carbons (Fsp3) is 0.600. The van der Waals surface area contributed by atoms with Crippen molar-refractivity contribution < 1.29 is 9.59 Å². The highest BCUT2D eigenvalue weighted by atomic mass is 32.1. The molecule has 1 N–H and O–H groups in total. The van der Waals surface area contributed by atoms with Gasteiger partial charge in [0.05, 0.1) is 5.37 Å². The average Bonchev–Trinajstić information content (AvgIpc) is 2.10. The van der Waals surface area contributed by atoms with E-state index in [1.807, 2.05) is 0 Å². The molecule has 4 nitrogen and oxygen atoms in total. The predicted molar refractivity (Wildman–Crippen MR) is 38.7 cm³/mol. The first kappa shape index (κ1) is 7.40. The summed E-state index contributed by atoms with van der Waals surface area (Å²) in [7, 11) is 0. The fourth-order valence-corrected chi connectivity index (χ4v) is 0.945. The molecule has 0 aliphatic carbocycles. The fourth-order valence-electron chi connectivity index (χ4n) is 0.759. The first-order chi connectivity index (χ1) is 4.61. The van der Waals surface area contributed by atoms with Crippen LogP contribution in [0.25, 0.3) is 0 Å². The maximum atomic E-state index is 10.8. The average molecular weight is 160 g/mol. The number of carbonyl (C=O) groups is 2. The van der Waals surface area contributed by atoms with E-state index in [1.165, 1.54) is 4.90 Å². The van der Waals surface area contributed by atoms with Crippen LogP contribution in [0.1, 0.15) is 6.92 Å². The number of nitrogens with one attached hydrogen (secondary N) is 1. The summed E-state index contributed by atoms with van der Waals surface area (Å²) in [5.41, 5.74) is 0. The molecule has 0 aromatic heterocycles. The Balaban J connectivity index is 2.63. The van der Waals surface area contributed by atoms with Crippen molar-refractivity contribution in [1.29, 1.82) is 0 Å². The molecule has 0 radical (unpaired) electrons. The van der Waals surface area contributed by atoms with Crippen LogP contribution in [-0.2, 0) is 4.79 Å². The van der Waals surface area contributed by atoms with Gasteiger partial charge in [-0.15, -0.1) is 0 Å². The largest absolute Gasteiger partial charge is 0.325 e. The molecule has 1 heterocycles. The van der Waals surface area contributed by atoms with Crippen LogP contribution in [0.5, 0.6) is 0 Å². The molecule has 10 heavy (non-hydrogen) atoms. The zero-order chi connectivity index (χ0) is 7.72. The topological polar surface area (TPSA) is 49.4 Å². The summed E-state index contributed by atoms with van der Waals surface area (Å²) in [5, 5.41) is 1.94. The molecular formula is C5H8N2O2S. The maximum Gasteiger partial charge on any atom is 0.325 e. The molecule has 0 saturated carbocycles. The minimum atomic E-state index is -0.354. The van der Waals surface area contributed by atoms with Crippen molar-refractivity contribution in [3.63, 3.8) is 0 Å². The normalized spacial score (nSPS) is 21.2. The summed E-state index contributed by atoms with van der Waals surface area (Å²) < 4.78 is 0. The number of urea groups is 1. The molecule has 1 aliphatic heterocycles. The molecule has 1 saturated heterocycles. The standard InChI is InChI=1S/C5H8N2O2S/c1-3(10)7-2-4(8)6-5(7)9/h3,10H,2H2,1H3,(H,6,8,9). The Labute approximate surface area is 64.0 Å². The second kappa shape index (κ2) is 2.49. The first-order valence-electron chi connectivity index (χ1n) is 2.90. The van der Waals surface area contributed by atoms with Gasteiger partial charge in [-0.05, 0) is 6.92 Å². The van der Waals surface area contributed by atoms with Gasteiger partial charge < -0.3 is 4.90 Å². The van der Waals surface area contributed by atoms with Gasteiger partial charge in [0, 0.05) is 0 Å². The summed E-state index contributed by atoms with van der Waals surface area (Å²) in [4.78, 5) is 22.7. The van der Waals surface area contributed by atoms with Crippen LogP contribution in [0.15, 0.2) is 0 Å². The number of carbonyl (C=O) groups excluding carboxylic acids is 2. The monoisotopic (exact) mass is 160 g/mol. The zero-order valence-corrected chi connectivity index (χ0v) is 6.39. The van der Waals surface area contributed by atoms with Crippen LogP contribution in [0.2, 0.25) is 0 Å². The molecule has 0 aromatic carbocycles. The Morgan fingerprint density at radius 3 is 2.50 bits per heavy atom. The van der Waals surface area contributed by atoms with Crippen molar-refractivity contribution in [2.45, 2.75) is 12.3 Å². The van der Waals surface area contributed by atoms with Gasteiger partial charge >= 0.3 is 6.03 Å². The van der Waals surface area contributed by atoms with Gasteiger partial charge in [-0.25, -0.2) is 4.79 Å². The molecule has 0 bridgehead atoms. The second-order valence-corrected chi connectivity index (χ2v) is 2.86. The van der Waals surface area contributed by atoms with E-state index in [0.717, 1.165) is 0 Å². The maximum absolute atomic E-state index is 10.8. The summed E-state index contributed by atoms with van der Waals surface area (Å²) in [6.45, 7) is 1.87. The molecule has 0 aromatic rings. The molecule has 1 atom stereocenters. The van der Waals surface area contributed by atoms with Crippen molar-refractivity contribution in [2.75, 3.05) is 6.54 Å². The third-order valence-corrected chi connectivity index (χ3v) is 1.55. The lowest BCUT2D eigenvalue weighted by Crippen LogP contribution is -2.32. The van der Waals surface area contributed by atoms with Crippen LogP contribution in [0.4, 0.5) is 4.79 Å². The lowest BCUT2D eigenvalue weighted by Gasteiger charge is -2.15. The van der Waals surface area contributed by atoms with E-state index in [4.69, 9.17) is 0 Å². The van der Waals surface area contributed by atoms with Gasteiger partial charge in [0.15, 0.2) is 0 Å². The van der Waals surface area contributed by atoms with E-state index in [9.17, 15) is 9.59 Å². The van der Waals surface area contributed by atoms with Crippen LogP contribution >= 0.6 is 12.6 Å². The van der Waals surface area contributed by atoms with E-state index < -0.39 is 0 Å². The van der Waals surface area contributed by atoms with Crippen molar-refractivity contribution in [3.05, 3.63) is 0 Å². The van der Waals surface area contributed by atoms with E-state index >= 15 is 0 Å². The highest BCUT2D eigenvalue weighted by molar-refractivity contribution is 7.80. The number of imide groups is 1. The molecule has 0 spiro atoms. The number of hydrogen-bond acceptors (Lipinski definition) is 3. The smallest absolute Gasteiger partial charge is 0.304 e.